The number of anilines is 1. The Morgan fingerprint density at radius 2 is 2.15 bits per heavy atom. The van der Waals surface area contributed by atoms with Gasteiger partial charge in [-0.2, -0.15) is 5.10 Å². The van der Waals surface area contributed by atoms with Gasteiger partial charge in [0.15, 0.2) is 5.13 Å². The normalized spacial score (nSPS) is 11.0. The molecule has 4 aromatic rings. The van der Waals surface area contributed by atoms with Crippen LogP contribution in [0, 0.1) is 0 Å². The van der Waals surface area contributed by atoms with E-state index < -0.39 is 0 Å². The number of carbonyl (C=O) groups is 1. The molecule has 0 spiro atoms. The zero-order chi connectivity index (χ0) is 18.8. The van der Waals surface area contributed by atoms with E-state index in [1.165, 1.54) is 11.3 Å². The van der Waals surface area contributed by atoms with E-state index in [0.717, 1.165) is 15.8 Å². The van der Waals surface area contributed by atoms with Gasteiger partial charge in [0.1, 0.15) is 5.69 Å². The van der Waals surface area contributed by atoms with Crippen LogP contribution in [0.25, 0.3) is 10.2 Å². The van der Waals surface area contributed by atoms with Crippen LogP contribution in [0.15, 0.2) is 55.0 Å². The van der Waals surface area contributed by atoms with Crippen molar-refractivity contribution in [3.63, 3.8) is 0 Å². The van der Waals surface area contributed by atoms with Crippen molar-refractivity contribution in [2.45, 2.75) is 20.0 Å². The zero-order valence-electron chi connectivity index (χ0n) is 14.5. The fourth-order valence-corrected chi connectivity index (χ4v) is 4.05. The van der Waals surface area contributed by atoms with E-state index in [0.29, 0.717) is 28.9 Å². The van der Waals surface area contributed by atoms with Gasteiger partial charge in [0.25, 0.3) is 5.91 Å². The lowest BCUT2D eigenvalue weighted by Crippen LogP contribution is -2.32. The van der Waals surface area contributed by atoms with E-state index in [1.54, 1.807) is 40.3 Å². The summed E-state index contributed by atoms with van der Waals surface area (Å²) in [6.45, 7) is 2.94. The van der Waals surface area contributed by atoms with Gasteiger partial charge in [0.2, 0.25) is 0 Å². The molecule has 0 aliphatic rings. The third kappa shape index (κ3) is 3.56. The average Bonchev–Trinajstić information content (AvgIpc) is 3.32. The molecule has 0 saturated carbocycles. The van der Waals surface area contributed by atoms with Gasteiger partial charge in [-0.1, -0.05) is 29.0 Å². The van der Waals surface area contributed by atoms with Gasteiger partial charge in [-0.15, -0.1) is 0 Å². The molecule has 27 heavy (non-hydrogen) atoms. The summed E-state index contributed by atoms with van der Waals surface area (Å²) in [7, 11) is 0. The van der Waals surface area contributed by atoms with Gasteiger partial charge in [0.05, 0.1) is 16.8 Å². The molecule has 6 nitrogen and oxygen atoms in total. The average molecular weight is 398 g/mol. The number of nitrogens with zero attached hydrogens (tertiary/aromatic N) is 5. The Labute approximate surface area is 165 Å². The molecule has 0 radical (unpaired) electrons. The molecule has 0 unspecified atom stereocenters. The summed E-state index contributed by atoms with van der Waals surface area (Å²) < 4.78 is 2.62. The highest BCUT2D eigenvalue weighted by molar-refractivity contribution is 7.22. The molecule has 0 bridgehead atoms. The number of aryl methyl sites for hydroxylation is 1. The smallest absolute Gasteiger partial charge is 0.278 e. The molecule has 3 heterocycles. The highest BCUT2D eigenvalue weighted by atomic mass is 35.5. The minimum atomic E-state index is -0.150. The Balaban J connectivity index is 1.78. The van der Waals surface area contributed by atoms with Gasteiger partial charge in [-0.05, 0) is 42.8 Å². The van der Waals surface area contributed by atoms with Crippen molar-refractivity contribution in [3.05, 3.63) is 71.3 Å². The number of hydrogen-bond acceptors (Lipinski definition) is 5. The van der Waals surface area contributed by atoms with Crippen molar-refractivity contribution in [2.75, 3.05) is 4.90 Å². The Hall–Kier alpha value is -2.77. The fourth-order valence-electron chi connectivity index (χ4n) is 2.81. The first-order chi connectivity index (χ1) is 13.2. The first-order valence-corrected chi connectivity index (χ1v) is 9.64. The monoisotopic (exact) mass is 397 g/mol. The Kier molecular flexibility index (Phi) is 4.87. The number of aromatic nitrogens is 4. The summed E-state index contributed by atoms with van der Waals surface area (Å²) in [5.41, 5.74) is 2.26. The maximum Gasteiger partial charge on any atom is 0.278 e. The zero-order valence-corrected chi connectivity index (χ0v) is 16.1. The molecule has 0 fully saturated rings. The van der Waals surface area contributed by atoms with Crippen LogP contribution in [0.4, 0.5) is 5.13 Å². The SMILES string of the molecule is CCn1nccc1C(=O)N(Cc1cccnc1)c1nc2ccc(Cl)cc2s1. The van der Waals surface area contributed by atoms with Crippen molar-refractivity contribution in [3.8, 4) is 0 Å². The topological polar surface area (TPSA) is 63.9 Å². The molecule has 136 valence electrons. The minimum absolute atomic E-state index is 0.150. The van der Waals surface area contributed by atoms with Gasteiger partial charge in [-0.25, -0.2) is 4.98 Å². The van der Waals surface area contributed by atoms with E-state index in [4.69, 9.17) is 11.6 Å². The standard InChI is InChI=1S/C19H16ClN5OS/c1-2-25-16(7-9-22-25)18(26)24(12-13-4-3-8-21-11-13)19-23-15-6-5-14(20)10-17(15)27-19/h3-11H,2,12H2,1H3. The lowest BCUT2D eigenvalue weighted by atomic mass is 10.2. The number of halogens is 1. The van der Waals surface area contributed by atoms with Crippen LogP contribution < -0.4 is 4.90 Å². The first kappa shape index (κ1) is 17.6. The number of carbonyl (C=O) groups excluding carboxylic acids is 1. The lowest BCUT2D eigenvalue weighted by Gasteiger charge is -2.20. The van der Waals surface area contributed by atoms with Crippen molar-refractivity contribution >= 4 is 44.2 Å². The van der Waals surface area contributed by atoms with E-state index in [-0.39, 0.29) is 5.91 Å². The summed E-state index contributed by atoms with van der Waals surface area (Å²) in [6, 6.07) is 11.0. The molecule has 0 saturated heterocycles. The number of amides is 1. The van der Waals surface area contributed by atoms with E-state index in [1.807, 2.05) is 31.2 Å². The summed E-state index contributed by atoms with van der Waals surface area (Å²) in [6.07, 6.45) is 5.10. The summed E-state index contributed by atoms with van der Waals surface area (Å²) in [4.78, 5) is 23.8. The Bertz CT molecular complexity index is 1090. The molecular formula is C19H16ClN5OS. The van der Waals surface area contributed by atoms with Gasteiger partial charge in [-0.3, -0.25) is 19.4 Å². The van der Waals surface area contributed by atoms with Crippen LogP contribution in [0.1, 0.15) is 23.0 Å². The second-order valence-electron chi connectivity index (χ2n) is 5.89. The maximum atomic E-state index is 13.3. The molecule has 0 N–H and O–H groups in total. The molecule has 0 aliphatic heterocycles. The van der Waals surface area contributed by atoms with E-state index in [2.05, 4.69) is 15.1 Å². The molecule has 0 atom stereocenters. The molecule has 0 aliphatic carbocycles. The Morgan fingerprint density at radius 1 is 1.26 bits per heavy atom. The second-order valence-corrected chi connectivity index (χ2v) is 7.34. The quantitative estimate of drug-likeness (QED) is 0.500. The lowest BCUT2D eigenvalue weighted by molar-refractivity contribution is 0.0975. The highest BCUT2D eigenvalue weighted by Crippen LogP contribution is 2.32. The van der Waals surface area contributed by atoms with Crippen LogP contribution in [0.2, 0.25) is 5.02 Å². The van der Waals surface area contributed by atoms with E-state index in [9.17, 15) is 4.79 Å². The molecule has 1 aromatic carbocycles. The van der Waals surface area contributed by atoms with Gasteiger partial charge < -0.3 is 0 Å². The molecule has 1 amide bonds. The number of benzene rings is 1. The Morgan fingerprint density at radius 3 is 2.93 bits per heavy atom. The second kappa shape index (κ2) is 7.46. The molecule has 8 heteroatoms. The van der Waals surface area contributed by atoms with Crippen LogP contribution in [0.3, 0.4) is 0 Å². The third-order valence-corrected chi connectivity index (χ3v) is 5.39. The van der Waals surface area contributed by atoms with Crippen LogP contribution in [-0.2, 0) is 13.1 Å². The van der Waals surface area contributed by atoms with Gasteiger partial charge >= 0.3 is 0 Å². The van der Waals surface area contributed by atoms with Crippen LogP contribution in [-0.4, -0.2) is 25.7 Å². The number of pyridine rings is 1. The third-order valence-electron chi connectivity index (χ3n) is 4.11. The number of hydrogen-bond donors (Lipinski definition) is 0. The largest absolute Gasteiger partial charge is 0.278 e. The minimum Gasteiger partial charge on any atom is -0.278 e. The summed E-state index contributed by atoms with van der Waals surface area (Å²) in [5.74, 6) is -0.150. The van der Waals surface area contributed by atoms with Crippen molar-refractivity contribution in [1.82, 2.24) is 19.7 Å². The molecule has 3 aromatic heterocycles. The molecule has 4 rings (SSSR count). The summed E-state index contributed by atoms with van der Waals surface area (Å²) >= 11 is 7.54. The predicted octanol–water partition coefficient (Wildman–Crippen LogP) is 4.41. The van der Waals surface area contributed by atoms with Crippen molar-refractivity contribution in [2.24, 2.45) is 0 Å². The number of thiazole rings is 1. The van der Waals surface area contributed by atoms with Crippen LogP contribution in [0.5, 0.6) is 0 Å². The number of fused-ring (bicyclic) bond motifs is 1. The molecular weight excluding hydrogens is 382 g/mol. The fraction of sp³-hybridized carbons (Fsp3) is 0.158. The first-order valence-electron chi connectivity index (χ1n) is 8.44. The van der Waals surface area contributed by atoms with Gasteiger partial charge in [0, 0.05) is 30.2 Å². The number of rotatable bonds is 5. The summed E-state index contributed by atoms with van der Waals surface area (Å²) in [5, 5.41) is 5.48. The maximum absolute atomic E-state index is 13.3. The van der Waals surface area contributed by atoms with Crippen LogP contribution >= 0.6 is 22.9 Å². The van der Waals surface area contributed by atoms with E-state index >= 15 is 0 Å². The highest BCUT2D eigenvalue weighted by Gasteiger charge is 2.24. The van der Waals surface area contributed by atoms with Crippen molar-refractivity contribution in [1.29, 1.82) is 0 Å². The van der Waals surface area contributed by atoms with Crippen molar-refractivity contribution < 1.29 is 4.79 Å². The predicted molar refractivity (Wildman–Crippen MR) is 107 cm³/mol.